The zero-order chi connectivity index (χ0) is 16.7. The van der Waals surface area contributed by atoms with Gasteiger partial charge in [0.15, 0.2) is 0 Å². The second-order valence-electron chi connectivity index (χ2n) is 6.66. The number of aliphatic hydroxyl groups excluding tert-OH is 1. The van der Waals surface area contributed by atoms with Crippen molar-refractivity contribution in [1.82, 2.24) is 9.88 Å². The smallest absolute Gasteiger partial charge is 0.249 e. The molecular weight excluding hydrogens is 306 g/mol. The molecule has 2 amide bonds. The first kappa shape index (κ1) is 15.2. The number of imide groups is 1. The van der Waals surface area contributed by atoms with Crippen molar-refractivity contribution in [1.29, 1.82) is 0 Å². The van der Waals surface area contributed by atoms with Gasteiger partial charge in [0.2, 0.25) is 11.8 Å². The number of hydrogen-bond acceptors (Lipinski definition) is 4. The number of fused-ring (bicyclic) bond motifs is 1. The third-order valence-corrected chi connectivity index (χ3v) is 5.14. The van der Waals surface area contributed by atoms with Crippen LogP contribution >= 0.6 is 0 Å². The fourth-order valence-corrected chi connectivity index (χ4v) is 3.84. The lowest BCUT2D eigenvalue weighted by Gasteiger charge is -2.25. The Labute approximate surface area is 140 Å². The lowest BCUT2D eigenvalue weighted by atomic mass is 10.1. The SMILES string of the molecule is O=C1CCC(n2cc3ccc(N4CCC[C@H]4CO)cc3c2)C(=O)N1. The van der Waals surface area contributed by atoms with Gasteiger partial charge in [-0.05, 0) is 36.8 Å². The van der Waals surface area contributed by atoms with E-state index in [-0.39, 0.29) is 30.5 Å². The minimum Gasteiger partial charge on any atom is -0.394 e. The lowest BCUT2D eigenvalue weighted by Crippen LogP contribution is -2.41. The molecule has 1 aromatic heterocycles. The largest absolute Gasteiger partial charge is 0.394 e. The molecule has 0 saturated carbocycles. The molecule has 1 aromatic carbocycles. The zero-order valence-corrected chi connectivity index (χ0v) is 13.4. The second-order valence-corrected chi connectivity index (χ2v) is 6.66. The molecule has 0 bridgehead atoms. The fourth-order valence-electron chi connectivity index (χ4n) is 3.84. The van der Waals surface area contributed by atoms with Gasteiger partial charge >= 0.3 is 0 Å². The summed E-state index contributed by atoms with van der Waals surface area (Å²) >= 11 is 0. The van der Waals surface area contributed by atoms with E-state index in [1.165, 1.54) is 0 Å². The molecule has 2 aliphatic rings. The van der Waals surface area contributed by atoms with Crippen LogP contribution in [0.3, 0.4) is 0 Å². The Bertz CT molecular complexity index is 798. The van der Waals surface area contributed by atoms with Crippen LogP contribution < -0.4 is 10.2 Å². The molecular formula is C18H21N3O3. The number of anilines is 1. The Morgan fingerprint density at radius 1 is 1.17 bits per heavy atom. The van der Waals surface area contributed by atoms with E-state index >= 15 is 0 Å². The van der Waals surface area contributed by atoms with Crippen molar-refractivity contribution in [3.63, 3.8) is 0 Å². The van der Waals surface area contributed by atoms with Crippen molar-refractivity contribution >= 4 is 28.3 Å². The van der Waals surface area contributed by atoms with Crippen LogP contribution in [0.25, 0.3) is 10.8 Å². The van der Waals surface area contributed by atoms with Gasteiger partial charge in [0.05, 0.1) is 12.6 Å². The summed E-state index contributed by atoms with van der Waals surface area (Å²) < 4.78 is 1.91. The molecule has 4 rings (SSSR count). The molecule has 2 saturated heterocycles. The summed E-state index contributed by atoms with van der Waals surface area (Å²) in [6.45, 7) is 1.14. The average molecular weight is 327 g/mol. The number of hydrogen-bond donors (Lipinski definition) is 2. The average Bonchev–Trinajstić information content (AvgIpc) is 3.20. The van der Waals surface area contributed by atoms with Crippen LogP contribution in [-0.4, -0.2) is 40.7 Å². The van der Waals surface area contributed by atoms with Gasteiger partial charge in [0.25, 0.3) is 0 Å². The highest BCUT2D eigenvalue weighted by atomic mass is 16.3. The van der Waals surface area contributed by atoms with Crippen molar-refractivity contribution in [2.24, 2.45) is 0 Å². The van der Waals surface area contributed by atoms with Crippen LogP contribution in [0, 0.1) is 0 Å². The molecule has 0 radical (unpaired) electrons. The summed E-state index contributed by atoms with van der Waals surface area (Å²) in [5.74, 6) is -0.425. The summed E-state index contributed by atoms with van der Waals surface area (Å²) in [4.78, 5) is 25.6. The number of rotatable bonds is 3. The van der Waals surface area contributed by atoms with Gasteiger partial charge in [-0.3, -0.25) is 14.9 Å². The molecule has 3 heterocycles. The molecule has 6 nitrogen and oxygen atoms in total. The number of amides is 2. The first-order chi connectivity index (χ1) is 11.7. The Balaban J connectivity index is 1.64. The molecule has 2 N–H and O–H groups in total. The lowest BCUT2D eigenvalue weighted by molar-refractivity contribution is -0.135. The number of carbonyl (C=O) groups is 2. The van der Waals surface area contributed by atoms with Crippen molar-refractivity contribution in [2.75, 3.05) is 18.1 Å². The number of aromatic nitrogens is 1. The van der Waals surface area contributed by atoms with Gasteiger partial charge in [-0.15, -0.1) is 0 Å². The predicted molar refractivity (Wildman–Crippen MR) is 90.8 cm³/mol. The molecule has 2 aliphatic heterocycles. The summed E-state index contributed by atoms with van der Waals surface area (Å²) in [6, 6.07) is 6.12. The third-order valence-electron chi connectivity index (χ3n) is 5.14. The highest BCUT2D eigenvalue weighted by molar-refractivity contribution is 5.99. The van der Waals surface area contributed by atoms with Crippen LogP contribution in [0.1, 0.15) is 31.7 Å². The third kappa shape index (κ3) is 2.57. The van der Waals surface area contributed by atoms with E-state index in [4.69, 9.17) is 0 Å². The first-order valence-corrected chi connectivity index (χ1v) is 8.48. The number of carbonyl (C=O) groups excluding carboxylic acids is 2. The summed E-state index contributed by atoms with van der Waals surface area (Å²) in [5.41, 5.74) is 1.11. The molecule has 1 unspecified atom stereocenters. The minimum atomic E-state index is -0.324. The summed E-state index contributed by atoms with van der Waals surface area (Å²) in [5, 5.41) is 14.1. The maximum atomic E-state index is 12.1. The van der Waals surface area contributed by atoms with Gasteiger partial charge < -0.3 is 14.6 Å². The van der Waals surface area contributed by atoms with Crippen LogP contribution in [0.2, 0.25) is 0 Å². The second kappa shape index (κ2) is 5.94. The molecule has 24 heavy (non-hydrogen) atoms. The molecule has 126 valence electrons. The quantitative estimate of drug-likeness (QED) is 0.840. The maximum Gasteiger partial charge on any atom is 0.249 e. The molecule has 2 aromatic rings. The number of nitrogens with one attached hydrogen (secondary N) is 1. The number of benzene rings is 1. The maximum absolute atomic E-state index is 12.1. The van der Waals surface area contributed by atoms with Gasteiger partial charge in [-0.25, -0.2) is 0 Å². The standard InChI is InChI=1S/C18H21N3O3/c22-11-15-2-1-7-21(15)14-4-3-12-9-20(10-13(12)8-14)16-5-6-17(23)19-18(16)24/h3-4,8-10,15-16,22H,1-2,5-7,11H2,(H,19,23,24)/t15-,16?/m0/s1. The highest BCUT2D eigenvalue weighted by Gasteiger charge is 2.28. The Kier molecular flexibility index (Phi) is 3.76. The van der Waals surface area contributed by atoms with Crippen molar-refractivity contribution < 1.29 is 14.7 Å². The fraction of sp³-hybridized carbons (Fsp3) is 0.444. The number of nitrogens with zero attached hydrogens (tertiary/aromatic N) is 2. The summed E-state index contributed by atoms with van der Waals surface area (Å²) in [6.07, 6.45) is 6.97. The van der Waals surface area contributed by atoms with E-state index in [1.54, 1.807) is 0 Å². The van der Waals surface area contributed by atoms with Gasteiger partial charge in [0, 0.05) is 36.4 Å². The van der Waals surface area contributed by atoms with E-state index in [0.717, 1.165) is 35.8 Å². The number of piperidine rings is 1. The van der Waals surface area contributed by atoms with E-state index in [1.807, 2.05) is 17.0 Å². The normalized spacial score (nSPS) is 24.6. The van der Waals surface area contributed by atoms with Gasteiger partial charge in [0.1, 0.15) is 6.04 Å². The van der Waals surface area contributed by atoms with Gasteiger partial charge in [-0.1, -0.05) is 6.07 Å². The molecule has 2 fully saturated rings. The van der Waals surface area contributed by atoms with E-state index < -0.39 is 0 Å². The molecule has 0 spiro atoms. The van der Waals surface area contributed by atoms with Crippen molar-refractivity contribution in [3.05, 3.63) is 30.6 Å². The van der Waals surface area contributed by atoms with Crippen LogP contribution in [-0.2, 0) is 9.59 Å². The molecule has 0 aliphatic carbocycles. The monoisotopic (exact) mass is 327 g/mol. The predicted octanol–water partition coefficient (Wildman–Crippen LogP) is 1.58. The topological polar surface area (TPSA) is 74.6 Å². The Hall–Kier alpha value is -2.34. The zero-order valence-electron chi connectivity index (χ0n) is 13.4. The number of aliphatic hydroxyl groups is 1. The van der Waals surface area contributed by atoms with E-state index in [2.05, 4.69) is 28.4 Å². The van der Waals surface area contributed by atoms with Crippen LogP contribution in [0.4, 0.5) is 5.69 Å². The first-order valence-electron chi connectivity index (χ1n) is 8.48. The molecule has 2 atom stereocenters. The van der Waals surface area contributed by atoms with Crippen molar-refractivity contribution in [2.45, 2.75) is 37.8 Å². The van der Waals surface area contributed by atoms with Gasteiger partial charge in [-0.2, -0.15) is 0 Å². The summed E-state index contributed by atoms with van der Waals surface area (Å²) in [7, 11) is 0. The van der Waals surface area contributed by atoms with Crippen LogP contribution in [0.5, 0.6) is 0 Å². The highest BCUT2D eigenvalue weighted by Crippen LogP contribution is 2.30. The van der Waals surface area contributed by atoms with E-state index in [9.17, 15) is 14.7 Å². The van der Waals surface area contributed by atoms with Crippen LogP contribution in [0.15, 0.2) is 30.6 Å². The minimum absolute atomic E-state index is 0.176. The molecule has 6 heteroatoms. The Morgan fingerprint density at radius 2 is 2.00 bits per heavy atom. The Morgan fingerprint density at radius 3 is 2.79 bits per heavy atom. The van der Waals surface area contributed by atoms with E-state index in [0.29, 0.717) is 12.8 Å². The van der Waals surface area contributed by atoms with Crippen molar-refractivity contribution in [3.8, 4) is 0 Å².